The summed E-state index contributed by atoms with van der Waals surface area (Å²) in [5.41, 5.74) is 7.03. The van der Waals surface area contributed by atoms with Crippen LogP contribution in [-0.4, -0.2) is 56.5 Å². The second kappa shape index (κ2) is 16.9. The third kappa shape index (κ3) is 10.1. The monoisotopic (exact) mass is 589 g/mol. The molecule has 2 aliphatic rings. The van der Waals surface area contributed by atoms with Gasteiger partial charge in [0.1, 0.15) is 5.82 Å². The molecule has 2 aromatic heterocycles. The number of nitrogens with zero attached hydrogens (tertiary/aromatic N) is 5. The first-order chi connectivity index (χ1) is 20.3. The SMILES string of the molecule is C/C=C/CC.CSNc1cc(C)ccn1.Cc1cc(C)cc(Nc2ncc3c(n2)CN(C2CCN(C=O)CC2C)C3)c1. The fourth-order valence-corrected chi connectivity index (χ4v) is 5.71. The first-order valence-electron chi connectivity index (χ1n) is 14.7. The van der Waals surface area contributed by atoms with Gasteiger partial charge in [0.15, 0.2) is 0 Å². The molecular weight excluding hydrogens is 542 g/mol. The maximum Gasteiger partial charge on any atom is 0.227 e. The molecule has 42 heavy (non-hydrogen) atoms. The van der Waals surface area contributed by atoms with Crippen LogP contribution in [0.5, 0.6) is 0 Å². The zero-order chi connectivity index (χ0) is 30.5. The molecule has 0 aliphatic carbocycles. The van der Waals surface area contributed by atoms with E-state index >= 15 is 0 Å². The van der Waals surface area contributed by atoms with Crippen molar-refractivity contribution in [3.63, 3.8) is 0 Å². The van der Waals surface area contributed by atoms with E-state index in [4.69, 9.17) is 4.98 Å². The predicted molar refractivity (Wildman–Crippen MR) is 177 cm³/mol. The molecule has 1 amide bonds. The Labute approximate surface area is 256 Å². The predicted octanol–water partition coefficient (Wildman–Crippen LogP) is 7.07. The number of aryl methyl sites for hydroxylation is 3. The Bertz CT molecular complexity index is 1300. The molecule has 1 aromatic carbocycles. The van der Waals surface area contributed by atoms with Crippen LogP contribution < -0.4 is 10.0 Å². The highest BCUT2D eigenvalue weighted by Gasteiger charge is 2.34. The molecule has 226 valence electrons. The van der Waals surface area contributed by atoms with Gasteiger partial charge in [0.25, 0.3) is 0 Å². The van der Waals surface area contributed by atoms with Gasteiger partial charge < -0.3 is 14.9 Å². The van der Waals surface area contributed by atoms with Gasteiger partial charge in [-0.25, -0.2) is 15.0 Å². The number of likely N-dealkylation sites (tertiary alicyclic amines) is 1. The number of carbonyl (C=O) groups is 1. The molecule has 2 N–H and O–H groups in total. The maximum absolute atomic E-state index is 11.0. The molecule has 9 heteroatoms. The Hall–Kier alpha value is -3.43. The van der Waals surface area contributed by atoms with Crippen LogP contribution in [0.2, 0.25) is 0 Å². The number of allylic oxidation sites excluding steroid dienone is 2. The molecular formula is C33H47N7OS. The third-order valence-corrected chi connectivity index (χ3v) is 7.67. The van der Waals surface area contributed by atoms with Crippen molar-refractivity contribution in [2.75, 3.05) is 29.4 Å². The van der Waals surface area contributed by atoms with E-state index in [1.807, 2.05) is 43.3 Å². The number of hydrogen-bond donors (Lipinski definition) is 2. The minimum atomic E-state index is 0.471. The summed E-state index contributed by atoms with van der Waals surface area (Å²) in [5, 5.41) is 3.35. The van der Waals surface area contributed by atoms with Gasteiger partial charge in [0.05, 0.1) is 5.69 Å². The number of pyridine rings is 1. The molecule has 2 unspecified atom stereocenters. The van der Waals surface area contributed by atoms with Gasteiger partial charge in [-0.2, -0.15) is 0 Å². The molecule has 8 nitrogen and oxygen atoms in total. The van der Waals surface area contributed by atoms with Crippen LogP contribution in [0.15, 0.2) is 54.9 Å². The average molecular weight is 590 g/mol. The van der Waals surface area contributed by atoms with Crippen LogP contribution in [0.3, 0.4) is 0 Å². The van der Waals surface area contributed by atoms with Crippen LogP contribution in [0, 0.1) is 26.7 Å². The van der Waals surface area contributed by atoms with Crippen LogP contribution in [-0.2, 0) is 17.9 Å². The van der Waals surface area contributed by atoms with Crippen molar-refractivity contribution in [3.05, 3.63) is 82.8 Å². The van der Waals surface area contributed by atoms with Crippen molar-refractivity contribution in [3.8, 4) is 0 Å². The van der Waals surface area contributed by atoms with Crippen molar-refractivity contribution in [1.29, 1.82) is 0 Å². The number of hydrogen-bond acceptors (Lipinski definition) is 8. The highest BCUT2D eigenvalue weighted by atomic mass is 32.2. The number of aromatic nitrogens is 3. The van der Waals surface area contributed by atoms with Gasteiger partial charge in [0, 0.05) is 62.1 Å². The van der Waals surface area contributed by atoms with Crippen LogP contribution >= 0.6 is 11.9 Å². The molecule has 3 aromatic rings. The molecule has 5 rings (SSSR count). The lowest BCUT2D eigenvalue weighted by atomic mass is 9.93. The van der Waals surface area contributed by atoms with E-state index in [0.717, 1.165) is 62.6 Å². The fraction of sp³-hybridized carbons (Fsp3) is 0.455. The number of benzene rings is 1. The van der Waals surface area contributed by atoms with Crippen LogP contribution in [0.4, 0.5) is 17.5 Å². The summed E-state index contributed by atoms with van der Waals surface area (Å²) in [5.74, 6) is 2.05. The quantitative estimate of drug-likeness (QED) is 0.172. The van der Waals surface area contributed by atoms with E-state index < -0.39 is 0 Å². The zero-order valence-electron chi connectivity index (χ0n) is 26.2. The summed E-state index contributed by atoms with van der Waals surface area (Å²) in [7, 11) is 0. The van der Waals surface area contributed by atoms with E-state index in [9.17, 15) is 4.79 Å². The Balaban J connectivity index is 0.000000266. The minimum absolute atomic E-state index is 0.471. The molecule has 4 heterocycles. The van der Waals surface area contributed by atoms with Gasteiger partial charge in [-0.3, -0.25) is 9.69 Å². The van der Waals surface area contributed by atoms with Crippen molar-refractivity contribution in [1.82, 2.24) is 24.8 Å². The molecule has 1 fully saturated rings. The topological polar surface area (TPSA) is 86.3 Å². The second-order valence-electron chi connectivity index (χ2n) is 11.0. The molecule has 2 atom stereocenters. The fourth-order valence-electron chi connectivity index (χ4n) is 5.38. The second-order valence-corrected chi connectivity index (χ2v) is 11.6. The Kier molecular flexibility index (Phi) is 13.3. The Morgan fingerprint density at radius 3 is 2.43 bits per heavy atom. The summed E-state index contributed by atoms with van der Waals surface area (Å²) in [6.45, 7) is 16.1. The lowest BCUT2D eigenvalue weighted by molar-refractivity contribution is -0.120. The Morgan fingerprint density at radius 1 is 1.07 bits per heavy atom. The van der Waals surface area contributed by atoms with E-state index in [1.54, 1.807) is 18.1 Å². The summed E-state index contributed by atoms with van der Waals surface area (Å²) in [6.07, 6.45) is 13.1. The smallest absolute Gasteiger partial charge is 0.227 e. The highest BCUT2D eigenvalue weighted by molar-refractivity contribution is 7.99. The average Bonchev–Trinajstić information content (AvgIpc) is 3.37. The summed E-state index contributed by atoms with van der Waals surface area (Å²) in [4.78, 5) is 28.8. The van der Waals surface area contributed by atoms with E-state index in [0.29, 0.717) is 17.9 Å². The molecule has 0 spiro atoms. The van der Waals surface area contributed by atoms with Crippen molar-refractivity contribution in [2.45, 2.75) is 73.5 Å². The molecule has 1 saturated heterocycles. The summed E-state index contributed by atoms with van der Waals surface area (Å²) in [6, 6.07) is 10.9. The van der Waals surface area contributed by atoms with E-state index in [2.05, 4.69) is 83.0 Å². The lowest BCUT2D eigenvalue weighted by Crippen LogP contribution is -2.48. The number of amides is 1. The normalized spacial score (nSPS) is 17.9. The number of nitrogens with one attached hydrogen (secondary N) is 2. The van der Waals surface area contributed by atoms with Crippen molar-refractivity contribution >= 4 is 35.8 Å². The molecule has 0 bridgehead atoms. The van der Waals surface area contributed by atoms with E-state index in [-0.39, 0.29) is 0 Å². The standard InChI is InChI=1S/C21H27N5O.C7H10N2S.C5H10/c1-14-6-15(2)8-18(7-14)23-21-22-9-17-11-26(12-19(17)24-21)20-4-5-25(13-27)10-16(20)3;1-6-3-4-8-7(5-6)9-10-2;1-3-5-4-2/h6-9,13,16,20H,4-5,10-12H2,1-3H3,(H,22,23,24);3-5H,1-2H3,(H,8,9);3,5H,4H2,1-2H3/b;;5-3+. The molecule has 2 aliphatic heterocycles. The van der Waals surface area contributed by atoms with E-state index in [1.165, 1.54) is 22.3 Å². The van der Waals surface area contributed by atoms with Gasteiger partial charge in [0.2, 0.25) is 12.4 Å². The largest absolute Gasteiger partial charge is 0.345 e. The number of fused-ring (bicyclic) bond motifs is 1. The lowest BCUT2D eigenvalue weighted by Gasteiger charge is -2.39. The molecule has 0 radical (unpaired) electrons. The minimum Gasteiger partial charge on any atom is -0.345 e. The highest BCUT2D eigenvalue weighted by Crippen LogP contribution is 2.30. The van der Waals surface area contributed by atoms with Crippen molar-refractivity contribution < 1.29 is 4.79 Å². The van der Waals surface area contributed by atoms with Crippen LogP contribution in [0.25, 0.3) is 0 Å². The van der Waals surface area contributed by atoms with Gasteiger partial charge in [-0.05, 0) is 87.4 Å². The Morgan fingerprint density at radius 2 is 1.83 bits per heavy atom. The molecule has 0 saturated carbocycles. The summed E-state index contributed by atoms with van der Waals surface area (Å²) >= 11 is 1.55. The number of anilines is 3. The third-order valence-electron chi connectivity index (χ3n) is 7.26. The summed E-state index contributed by atoms with van der Waals surface area (Å²) < 4.78 is 3.05. The first kappa shape index (κ1) is 33.1. The zero-order valence-corrected chi connectivity index (χ0v) is 27.0. The first-order valence-corrected chi connectivity index (χ1v) is 15.9. The van der Waals surface area contributed by atoms with Gasteiger partial charge >= 0.3 is 0 Å². The van der Waals surface area contributed by atoms with Gasteiger partial charge in [-0.15, -0.1) is 0 Å². The number of carbonyl (C=O) groups excluding carboxylic acids is 1. The number of piperidine rings is 1. The van der Waals surface area contributed by atoms with Crippen molar-refractivity contribution in [2.24, 2.45) is 5.92 Å². The van der Waals surface area contributed by atoms with Gasteiger partial charge in [-0.1, -0.05) is 44.0 Å². The maximum atomic E-state index is 11.0. The number of rotatable bonds is 7. The van der Waals surface area contributed by atoms with Crippen LogP contribution in [0.1, 0.15) is 61.6 Å².